The zero-order valence-corrected chi connectivity index (χ0v) is 14.0. The van der Waals surface area contributed by atoms with Gasteiger partial charge in [-0.15, -0.1) is 0 Å². The summed E-state index contributed by atoms with van der Waals surface area (Å²) in [5.41, 5.74) is 0.622. The van der Waals surface area contributed by atoms with E-state index < -0.39 is 5.97 Å². The molecule has 6 nitrogen and oxygen atoms in total. The number of hydrogen-bond donors (Lipinski definition) is 1. The molecule has 0 bridgehead atoms. The maximum absolute atomic E-state index is 12.5. The predicted octanol–water partition coefficient (Wildman–Crippen LogP) is 2.56. The van der Waals surface area contributed by atoms with Gasteiger partial charge in [0.25, 0.3) is 5.91 Å². The number of likely N-dealkylation sites (tertiary alicyclic amines) is 1. The molecule has 1 saturated carbocycles. The maximum Gasteiger partial charge on any atom is 0.355 e. The van der Waals surface area contributed by atoms with E-state index in [-0.39, 0.29) is 24.0 Å². The second-order valence-corrected chi connectivity index (χ2v) is 6.78. The summed E-state index contributed by atoms with van der Waals surface area (Å²) in [5, 5.41) is 0. The van der Waals surface area contributed by atoms with Gasteiger partial charge in [-0.05, 0) is 44.6 Å². The summed E-state index contributed by atoms with van der Waals surface area (Å²) in [4.78, 5) is 40.4. The average molecular weight is 332 g/mol. The van der Waals surface area contributed by atoms with Crippen LogP contribution >= 0.6 is 0 Å². The van der Waals surface area contributed by atoms with Gasteiger partial charge in [0.15, 0.2) is 12.4 Å². The van der Waals surface area contributed by atoms with Crippen LogP contribution in [0.5, 0.6) is 0 Å². The number of piperidine rings is 1. The van der Waals surface area contributed by atoms with Crippen LogP contribution in [-0.2, 0) is 9.53 Å². The minimum atomic E-state index is -0.604. The van der Waals surface area contributed by atoms with Crippen molar-refractivity contribution in [2.75, 3.05) is 13.2 Å². The Hall–Kier alpha value is -2.11. The van der Waals surface area contributed by atoms with E-state index in [1.165, 1.54) is 44.9 Å². The number of carbonyl (C=O) groups is 3. The highest BCUT2D eigenvalue weighted by Crippen LogP contribution is 2.35. The molecule has 1 N–H and O–H groups in total. The first-order chi connectivity index (χ1) is 11.6. The van der Waals surface area contributed by atoms with Crippen LogP contribution in [0, 0.1) is 5.92 Å². The molecule has 1 amide bonds. The van der Waals surface area contributed by atoms with Crippen LogP contribution < -0.4 is 0 Å². The number of amides is 1. The highest BCUT2D eigenvalue weighted by molar-refractivity contribution is 5.97. The average Bonchev–Trinajstić information content (AvgIpc) is 3.09. The molecule has 2 fully saturated rings. The zero-order chi connectivity index (χ0) is 17.1. The van der Waals surface area contributed by atoms with Gasteiger partial charge in [0.2, 0.25) is 0 Å². The monoisotopic (exact) mass is 332 g/mol. The van der Waals surface area contributed by atoms with E-state index in [9.17, 15) is 14.4 Å². The summed E-state index contributed by atoms with van der Waals surface area (Å²) >= 11 is 0. The molecule has 6 heteroatoms. The predicted molar refractivity (Wildman–Crippen MR) is 87.8 cm³/mol. The standard InChI is InChI=1S/C18H24N2O4/c1-12(21)14-9-15(19-10-14)18(23)24-11-17(22)20-8-4-6-13-5-2-3-7-16(13)20/h9-10,13,16,19H,2-8,11H2,1H3/t13-,16+/m1/s1. The van der Waals surface area contributed by atoms with Crippen molar-refractivity contribution in [2.24, 2.45) is 5.92 Å². The van der Waals surface area contributed by atoms with Crippen LogP contribution in [0.3, 0.4) is 0 Å². The second-order valence-electron chi connectivity index (χ2n) is 6.78. The Morgan fingerprint density at radius 1 is 1.21 bits per heavy atom. The number of carbonyl (C=O) groups excluding carboxylic acids is 3. The number of H-pyrrole nitrogens is 1. The van der Waals surface area contributed by atoms with Gasteiger partial charge in [-0.3, -0.25) is 9.59 Å². The summed E-state index contributed by atoms with van der Waals surface area (Å²) in [6.07, 6.45) is 8.38. The van der Waals surface area contributed by atoms with Gasteiger partial charge in [-0.2, -0.15) is 0 Å². The van der Waals surface area contributed by atoms with Gasteiger partial charge in [0.1, 0.15) is 5.69 Å². The lowest BCUT2D eigenvalue weighted by Gasteiger charge is -2.44. The van der Waals surface area contributed by atoms with Crippen molar-refractivity contribution < 1.29 is 19.1 Å². The number of aromatic amines is 1. The number of Topliss-reactive ketones (excluding diaryl/α,β-unsaturated/α-hetero) is 1. The molecule has 2 atom stereocenters. The molecule has 0 spiro atoms. The van der Waals surface area contributed by atoms with E-state index in [0.29, 0.717) is 17.5 Å². The summed E-state index contributed by atoms with van der Waals surface area (Å²) < 4.78 is 5.14. The van der Waals surface area contributed by atoms with Crippen LogP contribution in [0.1, 0.15) is 66.3 Å². The van der Waals surface area contributed by atoms with Gasteiger partial charge in [0, 0.05) is 24.3 Å². The lowest BCUT2D eigenvalue weighted by Crippen LogP contribution is -2.50. The van der Waals surface area contributed by atoms with Gasteiger partial charge in [-0.25, -0.2) is 4.79 Å². The Balaban J connectivity index is 1.56. The SMILES string of the molecule is CC(=O)c1c[nH]c(C(=O)OCC(=O)N2CCC[C@H]3CCCC[C@@H]32)c1. The van der Waals surface area contributed by atoms with Crippen LogP contribution in [0.15, 0.2) is 12.3 Å². The largest absolute Gasteiger partial charge is 0.451 e. The number of nitrogens with zero attached hydrogens (tertiary/aromatic N) is 1. The number of ether oxygens (including phenoxy) is 1. The molecule has 1 aromatic heterocycles. The number of esters is 1. The molecule has 0 unspecified atom stereocenters. The Morgan fingerprint density at radius 3 is 2.71 bits per heavy atom. The van der Waals surface area contributed by atoms with Crippen molar-refractivity contribution in [2.45, 2.75) is 51.5 Å². The minimum Gasteiger partial charge on any atom is -0.451 e. The van der Waals surface area contributed by atoms with Crippen molar-refractivity contribution >= 4 is 17.7 Å². The molecule has 24 heavy (non-hydrogen) atoms. The molecule has 1 aromatic rings. The molecule has 3 rings (SSSR count). The van der Waals surface area contributed by atoms with Crippen molar-refractivity contribution in [1.82, 2.24) is 9.88 Å². The van der Waals surface area contributed by atoms with Gasteiger partial charge >= 0.3 is 5.97 Å². The highest BCUT2D eigenvalue weighted by atomic mass is 16.5. The molecule has 1 aliphatic heterocycles. The first kappa shape index (κ1) is 16.7. The molecule has 130 valence electrons. The third kappa shape index (κ3) is 3.52. The summed E-state index contributed by atoms with van der Waals surface area (Å²) in [5.74, 6) is -0.238. The molecule has 0 aromatic carbocycles. The molecular formula is C18H24N2O4. The van der Waals surface area contributed by atoms with Crippen molar-refractivity contribution in [1.29, 1.82) is 0 Å². The summed E-state index contributed by atoms with van der Waals surface area (Å²) in [7, 11) is 0. The van der Waals surface area contributed by atoms with Crippen molar-refractivity contribution in [3.63, 3.8) is 0 Å². The third-order valence-electron chi connectivity index (χ3n) is 5.20. The summed E-state index contributed by atoms with van der Waals surface area (Å²) in [6.45, 7) is 1.95. The van der Waals surface area contributed by atoms with Crippen LogP contribution in [0.25, 0.3) is 0 Å². The second kappa shape index (κ2) is 7.20. The lowest BCUT2D eigenvalue weighted by molar-refractivity contribution is -0.140. The van der Waals surface area contributed by atoms with Gasteiger partial charge in [0.05, 0.1) is 0 Å². The van der Waals surface area contributed by atoms with E-state index in [1.807, 2.05) is 4.90 Å². The van der Waals surface area contributed by atoms with E-state index in [1.54, 1.807) is 0 Å². The van der Waals surface area contributed by atoms with Crippen LogP contribution in [0.2, 0.25) is 0 Å². The molecule has 2 aliphatic rings. The van der Waals surface area contributed by atoms with Gasteiger partial charge < -0.3 is 14.6 Å². The minimum absolute atomic E-state index is 0.113. The molecule has 0 radical (unpaired) electrons. The Labute approximate surface area is 141 Å². The Bertz CT molecular complexity index is 635. The van der Waals surface area contributed by atoms with E-state index in [0.717, 1.165) is 19.4 Å². The molecule has 1 aliphatic carbocycles. The zero-order valence-electron chi connectivity index (χ0n) is 14.0. The fourth-order valence-corrected chi connectivity index (χ4v) is 3.94. The number of aromatic nitrogens is 1. The van der Waals surface area contributed by atoms with Crippen molar-refractivity contribution in [3.8, 4) is 0 Å². The lowest BCUT2D eigenvalue weighted by atomic mass is 9.78. The van der Waals surface area contributed by atoms with Gasteiger partial charge in [-0.1, -0.05) is 12.8 Å². The number of hydrogen-bond acceptors (Lipinski definition) is 4. The van der Waals surface area contributed by atoms with E-state index >= 15 is 0 Å². The third-order valence-corrected chi connectivity index (χ3v) is 5.20. The fourth-order valence-electron chi connectivity index (χ4n) is 3.94. The van der Waals surface area contributed by atoms with Crippen molar-refractivity contribution in [3.05, 3.63) is 23.5 Å². The number of nitrogens with one attached hydrogen (secondary N) is 1. The number of fused-ring (bicyclic) bond motifs is 1. The number of ketones is 1. The fraction of sp³-hybridized carbons (Fsp3) is 0.611. The topological polar surface area (TPSA) is 79.5 Å². The Kier molecular flexibility index (Phi) is 5.02. The van der Waals surface area contributed by atoms with E-state index in [4.69, 9.17) is 4.74 Å². The molecule has 1 saturated heterocycles. The highest BCUT2D eigenvalue weighted by Gasteiger charge is 2.35. The maximum atomic E-state index is 12.5. The summed E-state index contributed by atoms with van der Waals surface area (Å²) in [6, 6.07) is 1.77. The first-order valence-electron chi connectivity index (χ1n) is 8.72. The number of rotatable bonds is 4. The van der Waals surface area contributed by atoms with Crippen LogP contribution in [0.4, 0.5) is 0 Å². The van der Waals surface area contributed by atoms with Crippen LogP contribution in [-0.4, -0.2) is 46.7 Å². The Morgan fingerprint density at radius 2 is 1.96 bits per heavy atom. The first-order valence-corrected chi connectivity index (χ1v) is 8.72. The molecule has 2 heterocycles. The smallest absolute Gasteiger partial charge is 0.355 e. The van der Waals surface area contributed by atoms with E-state index in [2.05, 4.69) is 4.98 Å². The quantitative estimate of drug-likeness (QED) is 0.679. The normalized spacial score (nSPS) is 23.5. The molecular weight excluding hydrogens is 308 g/mol.